The van der Waals surface area contributed by atoms with Crippen LogP contribution in [0.1, 0.15) is 39.5 Å². The lowest BCUT2D eigenvalue weighted by Crippen LogP contribution is -2.42. The van der Waals surface area contributed by atoms with Crippen molar-refractivity contribution in [1.82, 2.24) is 9.91 Å². The largest absolute Gasteiger partial charge is 0.454 e. The van der Waals surface area contributed by atoms with Gasteiger partial charge in [-0.05, 0) is 48.0 Å². The Morgan fingerprint density at radius 2 is 1.80 bits per heavy atom. The molecule has 0 N–H and O–H groups in total. The predicted molar refractivity (Wildman–Crippen MR) is 144 cm³/mol. The van der Waals surface area contributed by atoms with Crippen LogP contribution in [0.4, 0.5) is 13.2 Å². The van der Waals surface area contributed by atoms with Gasteiger partial charge in [-0.3, -0.25) is 9.59 Å². The van der Waals surface area contributed by atoms with E-state index in [1.807, 2.05) is 18.2 Å². The van der Waals surface area contributed by atoms with Gasteiger partial charge < -0.3 is 19.1 Å². The van der Waals surface area contributed by atoms with Crippen LogP contribution in [0.15, 0.2) is 71.8 Å². The number of carbonyl (C=O) groups is 2. The summed E-state index contributed by atoms with van der Waals surface area (Å²) in [5.74, 6) is 0.0226. The Bertz CT molecular complexity index is 1480. The minimum absolute atomic E-state index is 0.0101. The number of ether oxygens (including phenoxy) is 3. The fraction of sp³-hybridized carbons (Fsp3) is 0.276. The molecule has 0 saturated heterocycles. The molecule has 0 aromatic heterocycles. The lowest BCUT2D eigenvalue weighted by molar-refractivity contribution is -0.137. The van der Waals surface area contributed by atoms with Gasteiger partial charge in [-0.2, -0.15) is 18.3 Å². The molecular formula is C29H25ClF3N3O5. The molecule has 0 saturated carbocycles. The Morgan fingerprint density at radius 1 is 1.07 bits per heavy atom. The molecule has 0 spiro atoms. The molecule has 2 heterocycles. The summed E-state index contributed by atoms with van der Waals surface area (Å²) in [4.78, 5) is 28.3. The van der Waals surface area contributed by atoms with Crippen molar-refractivity contribution in [3.63, 3.8) is 0 Å². The molecule has 12 heteroatoms. The van der Waals surface area contributed by atoms with Crippen LogP contribution in [0.2, 0.25) is 5.02 Å². The highest BCUT2D eigenvalue weighted by Crippen LogP contribution is 2.40. The van der Waals surface area contributed by atoms with Crippen molar-refractivity contribution >= 4 is 29.1 Å². The number of methoxy groups -OCH3 is 1. The number of carbonyl (C=O) groups excluding carboxylic acids is 2. The van der Waals surface area contributed by atoms with E-state index in [0.29, 0.717) is 34.2 Å². The number of amides is 2. The number of hydrogen-bond acceptors (Lipinski definition) is 6. The number of nitrogens with zero attached hydrogens (tertiary/aromatic N) is 3. The van der Waals surface area contributed by atoms with Crippen molar-refractivity contribution in [1.29, 1.82) is 0 Å². The fourth-order valence-electron chi connectivity index (χ4n) is 4.65. The molecule has 0 radical (unpaired) electrons. The SMILES string of the molecule is COCCN(CC(=O)N1N=C(c2ccccc2Cl)C[C@H]1c1ccc2c(c1)OCO2)C(=O)c1ccc(C(F)(F)F)cc1. The standard InChI is InChI=1S/C29H25ClF3N3O5/c1-39-13-12-35(28(38)18-6-9-20(10-7-18)29(31,32)33)16-27(37)36-24(19-8-11-25-26(14-19)41-17-40-25)15-23(34-36)21-4-2-3-5-22(21)30/h2-11,14,24H,12-13,15-17H2,1H3/t24-/m0/s1. The van der Waals surface area contributed by atoms with Gasteiger partial charge in [0.2, 0.25) is 6.79 Å². The lowest BCUT2D eigenvalue weighted by atomic mass is 9.98. The minimum Gasteiger partial charge on any atom is -0.454 e. The molecule has 5 rings (SSSR count). The van der Waals surface area contributed by atoms with Crippen molar-refractivity contribution in [2.45, 2.75) is 18.6 Å². The lowest BCUT2D eigenvalue weighted by Gasteiger charge is -2.27. The highest BCUT2D eigenvalue weighted by atomic mass is 35.5. The Morgan fingerprint density at radius 3 is 2.51 bits per heavy atom. The maximum absolute atomic E-state index is 13.8. The van der Waals surface area contributed by atoms with E-state index in [2.05, 4.69) is 5.10 Å². The summed E-state index contributed by atoms with van der Waals surface area (Å²) >= 11 is 6.43. The summed E-state index contributed by atoms with van der Waals surface area (Å²) in [5.41, 5.74) is 1.14. The van der Waals surface area contributed by atoms with Crippen LogP contribution < -0.4 is 9.47 Å². The number of alkyl halides is 3. The molecule has 8 nitrogen and oxygen atoms in total. The second kappa shape index (κ2) is 11.8. The summed E-state index contributed by atoms with van der Waals surface area (Å²) < 4.78 is 55.1. The topological polar surface area (TPSA) is 80.7 Å². The van der Waals surface area contributed by atoms with Crippen LogP contribution in [0, 0.1) is 0 Å². The first-order valence-electron chi connectivity index (χ1n) is 12.6. The third-order valence-corrected chi connectivity index (χ3v) is 7.10. The average molecular weight is 588 g/mol. The number of halogens is 4. The Labute approximate surface area is 238 Å². The Balaban J connectivity index is 1.43. The van der Waals surface area contributed by atoms with Crippen molar-refractivity contribution < 1.29 is 37.0 Å². The van der Waals surface area contributed by atoms with E-state index in [9.17, 15) is 22.8 Å². The third-order valence-electron chi connectivity index (χ3n) is 6.77. The maximum Gasteiger partial charge on any atom is 0.416 e. The second-order valence-electron chi connectivity index (χ2n) is 9.39. The molecule has 2 amide bonds. The summed E-state index contributed by atoms with van der Waals surface area (Å²) in [5, 5.41) is 6.42. The van der Waals surface area contributed by atoms with Crippen LogP contribution >= 0.6 is 11.6 Å². The maximum atomic E-state index is 13.8. The van der Waals surface area contributed by atoms with Crippen LogP contribution in [-0.4, -0.2) is 61.0 Å². The molecule has 3 aromatic rings. The van der Waals surface area contributed by atoms with Crippen molar-refractivity contribution in [3.05, 3.63) is 94.0 Å². The number of benzene rings is 3. The van der Waals surface area contributed by atoms with Gasteiger partial charge in [0.05, 0.1) is 23.9 Å². The summed E-state index contributed by atoms with van der Waals surface area (Å²) in [6, 6.07) is 15.8. The predicted octanol–water partition coefficient (Wildman–Crippen LogP) is 5.55. The van der Waals surface area contributed by atoms with Gasteiger partial charge in [0.15, 0.2) is 11.5 Å². The zero-order chi connectivity index (χ0) is 29.1. The minimum atomic E-state index is -4.54. The van der Waals surface area contributed by atoms with Crippen molar-refractivity contribution in [2.75, 3.05) is 33.6 Å². The van der Waals surface area contributed by atoms with Gasteiger partial charge in [-0.25, -0.2) is 5.01 Å². The molecule has 1 atom stereocenters. The van der Waals surface area contributed by atoms with Gasteiger partial charge in [0, 0.05) is 36.2 Å². The average Bonchev–Trinajstić information content (AvgIpc) is 3.62. The zero-order valence-electron chi connectivity index (χ0n) is 21.9. The van der Waals surface area contributed by atoms with Crippen molar-refractivity contribution in [2.24, 2.45) is 5.10 Å². The van der Waals surface area contributed by atoms with Gasteiger partial charge in [-0.15, -0.1) is 0 Å². The van der Waals surface area contributed by atoms with E-state index in [-0.39, 0.29) is 32.1 Å². The number of hydrazone groups is 1. The van der Waals surface area contributed by atoms with Crippen LogP contribution in [-0.2, 0) is 15.7 Å². The Hall–Kier alpha value is -4.09. The van der Waals surface area contributed by atoms with Crippen LogP contribution in [0.25, 0.3) is 0 Å². The highest BCUT2D eigenvalue weighted by Gasteiger charge is 2.36. The first-order chi connectivity index (χ1) is 19.7. The van der Waals surface area contributed by atoms with E-state index in [0.717, 1.165) is 29.8 Å². The summed E-state index contributed by atoms with van der Waals surface area (Å²) in [6.45, 7) is -0.150. The molecule has 0 aliphatic carbocycles. The van der Waals surface area contributed by atoms with Gasteiger partial charge in [0.25, 0.3) is 11.8 Å². The highest BCUT2D eigenvalue weighted by molar-refractivity contribution is 6.34. The summed E-state index contributed by atoms with van der Waals surface area (Å²) in [6.07, 6.45) is -4.19. The first kappa shape index (κ1) is 28.4. The van der Waals surface area contributed by atoms with Crippen molar-refractivity contribution in [3.8, 4) is 11.5 Å². The molecule has 0 fully saturated rings. The monoisotopic (exact) mass is 587 g/mol. The molecule has 41 heavy (non-hydrogen) atoms. The first-order valence-corrected chi connectivity index (χ1v) is 13.0. The van der Waals surface area contributed by atoms with Gasteiger partial charge in [0.1, 0.15) is 6.54 Å². The normalized spacial score (nSPS) is 16.1. The van der Waals surface area contributed by atoms with E-state index < -0.39 is 29.6 Å². The summed E-state index contributed by atoms with van der Waals surface area (Å²) in [7, 11) is 1.44. The fourth-order valence-corrected chi connectivity index (χ4v) is 4.90. The number of hydrogen-bond donors (Lipinski definition) is 0. The zero-order valence-corrected chi connectivity index (χ0v) is 22.6. The van der Waals surface area contributed by atoms with E-state index in [1.165, 1.54) is 17.0 Å². The molecule has 214 valence electrons. The van der Waals surface area contributed by atoms with E-state index >= 15 is 0 Å². The van der Waals surface area contributed by atoms with Gasteiger partial charge in [-0.1, -0.05) is 35.9 Å². The van der Waals surface area contributed by atoms with Crippen LogP contribution in [0.3, 0.4) is 0 Å². The molecule has 2 aliphatic heterocycles. The quantitative estimate of drug-likeness (QED) is 0.345. The second-order valence-corrected chi connectivity index (χ2v) is 9.80. The third kappa shape index (κ3) is 6.15. The van der Waals surface area contributed by atoms with E-state index in [4.69, 9.17) is 25.8 Å². The van der Waals surface area contributed by atoms with Crippen LogP contribution in [0.5, 0.6) is 11.5 Å². The number of fused-ring (bicyclic) bond motifs is 1. The Kier molecular flexibility index (Phi) is 8.18. The molecular weight excluding hydrogens is 563 g/mol. The molecule has 0 bridgehead atoms. The molecule has 0 unspecified atom stereocenters. The molecule has 3 aromatic carbocycles. The van der Waals surface area contributed by atoms with E-state index in [1.54, 1.807) is 24.3 Å². The van der Waals surface area contributed by atoms with Gasteiger partial charge >= 0.3 is 6.18 Å². The molecule has 2 aliphatic rings. The smallest absolute Gasteiger partial charge is 0.416 e. The number of rotatable bonds is 8.